The van der Waals surface area contributed by atoms with Crippen molar-refractivity contribution in [3.63, 3.8) is 0 Å². The molecule has 1 aliphatic rings. The number of anilines is 2. The van der Waals surface area contributed by atoms with Crippen LogP contribution >= 0.6 is 0 Å². The number of piperidine rings is 1. The molecular weight excluding hydrogens is 323 g/mol. The average Bonchev–Trinajstić information content (AvgIpc) is 3.02. The summed E-state index contributed by atoms with van der Waals surface area (Å²) in [4.78, 5) is 14.5. The maximum Gasteiger partial charge on any atom is 0.242 e. The van der Waals surface area contributed by atoms with Gasteiger partial charge in [0.15, 0.2) is 5.82 Å². The van der Waals surface area contributed by atoms with Crippen LogP contribution < -0.4 is 10.6 Å². The maximum absolute atomic E-state index is 13.0. The lowest BCUT2D eigenvalue weighted by atomic mass is 10.0. The van der Waals surface area contributed by atoms with Crippen molar-refractivity contribution in [2.24, 2.45) is 0 Å². The fourth-order valence-electron chi connectivity index (χ4n) is 3.03. The van der Waals surface area contributed by atoms with Crippen molar-refractivity contribution in [2.75, 3.05) is 23.7 Å². The van der Waals surface area contributed by atoms with Gasteiger partial charge < -0.3 is 15.2 Å². The highest BCUT2D eigenvalue weighted by atomic mass is 19.1. The molecule has 1 aromatic heterocycles. The zero-order chi connectivity index (χ0) is 17.8. The lowest BCUT2D eigenvalue weighted by molar-refractivity contribution is -0.121. The summed E-state index contributed by atoms with van der Waals surface area (Å²) in [6.07, 6.45) is 1.86. The quantitative estimate of drug-likeness (QED) is 0.871. The van der Waals surface area contributed by atoms with Gasteiger partial charge >= 0.3 is 0 Å². The third-order valence-corrected chi connectivity index (χ3v) is 4.55. The molecule has 0 saturated carbocycles. The summed E-state index contributed by atoms with van der Waals surface area (Å²) >= 11 is 0. The van der Waals surface area contributed by atoms with Gasteiger partial charge in [-0.3, -0.25) is 9.69 Å². The topological polar surface area (TPSA) is 70.4 Å². The van der Waals surface area contributed by atoms with Gasteiger partial charge in [-0.15, -0.1) is 0 Å². The lowest BCUT2D eigenvalue weighted by Crippen LogP contribution is -2.48. The molecular formula is C18H23FN4O2. The van der Waals surface area contributed by atoms with Crippen LogP contribution in [0.5, 0.6) is 0 Å². The number of nitrogens with one attached hydrogen (secondary N) is 2. The average molecular weight is 346 g/mol. The highest BCUT2D eigenvalue weighted by molar-refractivity contribution is 5.93. The highest BCUT2D eigenvalue weighted by Gasteiger charge is 2.27. The van der Waals surface area contributed by atoms with Crippen molar-refractivity contribution in [3.05, 3.63) is 41.9 Å². The number of nitrogens with zero attached hydrogens (tertiary/aromatic N) is 2. The van der Waals surface area contributed by atoms with Crippen LogP contribution in [0.4, 0.5) is 15.9 Å². The molecule has 3 rings (SSSR count). The molecule has 7 heteroatoms. The van der Waals surface area contributed by atoms with Crippen LogP contribution in [0.25, 0.3) is 0 Å². The largest absolute Gasteiger partial charge is 0.382 e. The Bertz CT molecular complexity index is 708. The van der Waals surface area contributed by atoms with E-state index in [1.165, 1.54) is 12.1 Å². The molecule has 1 atom stereocenters. The predicted molar refractivity (Wildman–Crippen MR) is 93.9 cm³/mol. The van der Waals surface area contributed by atoms with E-state index in [-0.39, 0.29) is 17.8 Å². The first-order valence-electron chi connectivity index (χ1n) is 8.51. The van der Waals surface area contributed by atoms with E-state index >= 15 is 0 Å². The zero-order valence-electron chi connectivity index (χ0n) is 14.5. The number of hydrogen-bond acceptors (Lipinski definition) is 5. The third kappa shape index (κ3) is 4.57. The minimum atomic E-state index is -0.234. The molecule has 2 aromatic rings. The molecule has 6 nitrogen and oxygen atoms in total. The second kappa shape index (κ2) is 7.65. The number of aryl methyl sites for hydroxylation is 1. The van der Waals surface area contributed by atoms with Crippen molar-refractivity contribution in [1.82, 2.24) is 10.1 Å². The Morgan fingerprint density at radius 1 is 1.32 bits per heavy atom. The Labute approximate surface area is 146 Å². The van der Waals surface area contributed by atoms with Gasteiger partial charge in [0.1, 0.15) is 11.6 Å². The monoisotopic (exact) mass is 346 g/mol. The Kier molecular flexibility index (Phi) is 5.33. The number of aromatic nitrogens is 1. The molecule has 1 aromatic carbocycles. The predicted octanol–water partition coefficient (Wildman–Crippen LogP) is 3.03. The number of hydrogen-bond donors (Lipinski definition) is 2. The number of likely N-dealkylation sites (tertiary alicyclic amines) is 1. The molecule has 1 amide bonds. The van der Waals surface area contributed by atoms with Crippen molar-refractivity contribution in [3.8, 4) is 0 Å². The van der Waals surface area contributed by atoms with E-state index in [0.717, 1.165) is 31.6 Å². The minimum Gasteiger partial charge on any atom is -0.382 e. The molecule has 25 heavy (non-hydrogen) atoms. The molecule has 0 aliphatic carbocycles. The molecule has 0 radical (unpaired) electrons. The number of carbonyl (C=O) groups excluding carboxylic acids is 1. The molecule has 0 bridgehead atoms. The summed E-state index contributed by atoms with van der Waals surface area (Å²) < 4.78 is 17.9. The number of benzene rings is 1. The standard InChI is InChI=1S/C18H23FN4O2/c1-12-11-17(22-25-12)21-18(24)13(2)23-9-7-16(8-10-23)20-15-5-3-14(19)4-6-15/h3-6,11,13,16,20H,7-10H2,1-2H3,(H,21,22,24)/t13-/m1/s1. The molecule has 2 heterocycles. The van der Waals surface area contributed by atoms with Gasteiger partial charge in [0.2, 0.25) is 5.91 Å². The summed E-state index contributed by atoms with van der Waals surface area (Å²) in [5, 5.41) is 9.99. The molecule has 1 saturated heterocycles. The highest BCUT2D eigenvalue weighted by Crippen LogP contribution is 2.19. The fraction of sp³-hybridized carbons (Fsp3) is 0.444. The second-order valence-electron chi connectivity index (χ2n) is 6.45. The van der Waals surface area contributed by atoms with E-state index in [4.69, 9.17) is 4.52 Å². The molecule has 0 spiro atoms. The van der Waals surface area contributed by atoms with Crippen LogP contribution in [0.3, 0.4) is 0 Å². The van der Waals surface area contributed by atoms with Crippen LogP contribution in [0.1, 0.15) is 25.5 Å². The summed E-state index contributed by atoms with van der Waals surface area (Å²) in [5.74, 6) is 0.790. The smallest absolute Gasteiger partial charge is 0.242 e. The number of halogens is 1. The normalized spacial score (nSPS) is 17.2. The Balaban J connectivity index is 1.47. The summed E-state index contributed by atoms with van der Waals surface area (Å²) in [6.45, 7) is 5.33. The van der Waals surface area contributed by atoms with Gasteiger partial charge in [-0.25, -0.2) is 4.39 Å². The molecule has 1 fully saturated rings. The van der Waals surface area contributed by atoms with E-state index in [2.05, 4.69) is 20.7 Å². The first-order chi connectivity index (χ1) is 12.0. The van der Waals surface area contributed by atoms with Crippen molar-refractivity contribution in [2.45, 2.75) is 38.8 Å². The Morgan fingerprint density at radius 3 is 2.60 bits per heavy atom. The molecule has 2 N–H and O–H groups in total. The summed E-state index contributed by atoms with van der Waals surface area (Å²) in [7, 11) is 0. The molecule has 134 valence electrons. The Morgan fingerprint density at radius 2 is 2.00 bits per heavy atom. The Hall–Kier alpha value is -2.41. The van der Waals surface area contributed by atoms with E-state index in [0.29, 0.717) is 17.6 Å². The lowest BCUT2D eigenvalue weighted by Gasteiger charge is -2.35. The van der Waals surface area contributed by atoms with Crippen LogP contribution in [-0.2, 0) is 4.79 Å². The van der Waals surface area contributed by atoms with Crippen LogP contribution in [0.2, 0.25) is 0 Å². The van der Waals surface area contributed by atoms with Crippen LogP contribution in [0.15, 0.2) is 34.9 Å². The minimum absolute atomic E-state index is 0.0850. The number of rotatable bonds is 5. The van der Waals surface area contributed by atoms with Gasteiger partial charge in [-0.05, 0) is 51.0 Å². The molecule has 1 aliphatic heterocycles. The van der Waals surface area contributed by atoms with Crippen molar-refractivity contribution >= 4 is 17.4 Å². The van der Waals surface area contributed by atoms with Gasteiger partial charge in [0, 0.05) is 30.9 Å². The van der Waals surface area contributed by atoms with Gasteiger partial charge in [0.25, 0.3) is 0 Å². The second-order valence-corrected chi connectivity index (χ2v) is 6.45. The van der Waals surface area contributed by atoms with Crippen molar-refractivity contribution < 1.29 is 13.7 Å². The summed E-state index contributed by atoms with van der Waals surface area (Å²) in [5.41, 5.74) is 0.923. The molecule has 0 unspecified atom stereocenters. The first kappa shape index (κ1) is 17.4. The zero-order valence-corrected chi connectivity index (χ0v) is 14.5. The maximum atomic E-state index is 13.0. The van der Waals surface area contributed by atoms with E-state index in [1.54, 1.807) is 25.1 Å². The number of amides is 1. The summed E-state index contributed by atoms with van der Waals surface area (Å²) in [6, 6.07) is 8.20. The van der Waals surface area contributed by atoms with Crippen LogP contribution in [-0.4, -0.2) is 41.1 Å². The van der Waals surface area contributed by atoms with E-state index in [9.17, 15) is 9.18 Å². The van der Waals surface area contributed by atoms with E-state index in [1.807, 2.05) is 6.92 Å². The van der Waals surface area contributed by atoms with Gasteiger partial charge in [-0.1, -0.05) is 5.16 Å². The fourth-order valence-corrected chi connectivity index (χ4v) is 3.03. The van der Waals surface area contributed by atoms with Gasteiger partial charge in [0.05, 0.1) is 6.04 Å². The third-order valence-electron chi connectivity index (χ3n) is 4.55. The number of carbonyl (C=O) groups is 1. The van der Waals surface area contributed by atoms with Crippen LogP contribution in [0, 0.1) is 12.7 Å². The van der Waals surface area contributed by atoms with E-state index < -0.39 is 0 Å². The SMILES string of the molecule is Cc1cc(NC(=O)[C@@H](C)N2CCC(Nc3ccc(F)cc3)CC2)no1. The first-order valence-corrected chi connectivity index (χ1v) is 8.51. The van der Waals surface area contributed by atoms with Crippen molar-refractivity contribution in [1.29, 1.82) is 0 Å². The van der Waals surface area contributed by atoms with Gasteiger partial charge in [-0.2, -0.15) is 0 Å².